The molecule has 1 heterocycles. The summed E-state index contributed by atoms with van der Waals surface area (Å²) >= 11 is 0. The highest BCUT2D eigenvalue weighted by Gasteiger charge is 2.35. The van der Waals surface area contributed by atoms with Gasteiger partial charge in [0, 0.05) is 19.6 Å². The molecule has 2 amide bonds. The Morgan fingerprint density at radius 2 is 2.24 bits per heavy atom. The maximum absolute atomic E-state index is 12.1. The van der Waals surface area contributed by atoms with Crippen molar-refractivity contribution in [2.24, 2.45) is 0 Å². The molecule has 0 aliphatic carbocycles. The number of urea groups is 1. The van der Waals surface area contributed by atoms with Crippen LogP contribution in [0, 0.1) is 0 Å². The average Bonchev–Trinajstić information content (AvgIpc) is 2.76. The van der Waals surface area contributed by atoms with Gasteiger partial charge in [0.05, 0.1) is 6.61 Å². The molecule has 1 aliphatic heterocycles. The van der Waals surface area contributed by atoms with Crippen LogP contribution in [0.5, 0.6) is 0 Å². The summed E-state index contributed by atoms with van der Waals surface area (Å²) in [6.45, 7) is 4.34. The van der Waals surface area contributed by atoms with Crippen LogP contribution in [-0.2, 0) is 4.79 Å². The van der Waals surface area contributed by atoms with Gasteiger partial charge in [-0.25, -0.2) is 9.59 Å². The molecular formula is C11H18N2O4. The van der Waals surface area contributed by atoms with Crippen molar-refractivity contribution in [2.45, 2.75) is 18.9 Å². The van der Waals surface area contributed by atoms with Crippen molar-refractivity contribution in [3.63, 3.8) is 0 Å². The van der Waals surface area contributed by atoms with Crippen molar-refractivity contribution in [1.29, 1.82) is 0 Å². The first-order chi connectivity index (χ1) is 8.11. The SMILES string of the molecule is C=CCN(CCO)C(=O)N1CCCC1C(=O)O. The fraction of sp³-hybridized carbons (Fsp3) is 0.636. The second kappa shape index (κ2) is 6.24. The van der Waals surface area contributed by atoms with Crippen molar-refractivity contribution in [2.75, 3.05) is 26.2 Å². The zero-order valence-corrected chi connectivity index (χ0v) is 9.71. The summed E-state index contributed by atoms with van der Waals surface area (Å²) in [6.07, 6.45) is 2.74. The highest BCUT2D eigenvalue weighted by Crippen LogP contribution is 2.19. The highest BCUT2D eigenvalue weighted by atomic mass is 16.4. The Hall–Kier alpha value is -1.56. The van der Waals surface area contributed by atoms with E-state index in [9.17, 15) is 9.59 Å². The van der Waals surface area contributed by atoms with Gasteiger partial charge in [-0.1, -0.05) is 6.08 Å². The first kappa shape index (κ1) is 13.5. The van der Waals surface area contributed by atoms with Crippen LogP contribution < -0.4 is 0 Å². The Labute approximate surface area is 100 Å². The molecule has 0 aromatic heterocycles. The maximum Gasteiger partial charge on any atom is 0.326 e. The first-order valence-electron chi connectivity index (χ1n) is 5.62. The molecule has 6 heteroatoms. The van der Waals surface area contributed by atoms with Crippen LogP contribution in [0.4, 0.5) is 4.79 Å². The molecule has 2 N–H and O–H groups in total. The lowest BCUT2D eigenvalue weighted by Crippen LogP contribution is -2.48. The minimum Gasteiger partial charge on any atom is -0.480 e. The molecular weight excluding hydrogens is 224 g/mol. The number of amides is 2. The molecule has 0 bridgehead atoms. The Morgan fingerprint density at radius 1 is 1.53 bits per heavy atom. The molecule has 17 heavy (non-hydrogen) atoms. The van der Waals surface area contributed by atoms with Crippen molar-refractivity contribution in [1.82, 2.24) is 9.80 Å². The first-order valence-corrected chi connectivity index (χ1v) is 5.62. The van der Waals surface area contributed by atoms with Crippen molar-refractivity contribution in [3.8, 4) is 0 Å². The Balaban J connectivity index is 2.71. The molecule has 0 aromatic carbocycles. The number of nitrogens with zero attached hydrogens (tertiary/aromatic N) is 2. The smallest absolute Gasteiger partial charge is 0.326 e. The number of aliphatic carboxylic acids is 1. The molecule has 1 aliphatic rings. The lowest BCUT2D eigenvalue weighted by atomic mass is 10.2. The summed E-state index contributed by atoms with van der Waals surface area (Å²) in [5.41, 5.74) is 0. The lowest BCUT2D eigenvalue weighted by Gasteiger charge is -2.29. The van der Waals surface area contributed by atoms with Crippen LogP contribution in [0.2, 0.25) is 0 Å². The number of likely N-dealkylation sites (tertiary alicyclic amines) is 1. The summed E-state index contributed by atoms with van der Waals surface area (Å²) < 4.78 is 0. The van der Waals surface area contributed by atoms with E-state index in [0.29, 0.717) is 25.9 Å². The molecule has 0 radical (unpaired) electrons. The molecule has 6 nitrogen and oxygen atoms in total. The maximum atomic E-state index is 12.1. The van der Waals surface area contributed by atoms with Gasteiger partial charge in [0.15, 0.2) is 0 Å². The van der Waals surface area contributed by atoms with Gasteiger partial charge >= 0.3 is 12.0 Å². The Bertz CT molecular complexity index is 306. The molecule has 0 spiro atoms. The third-order valence-corrected chi connectivity index (χ3v) is 2.77. The highest BCUT2D eigenvalue weighted by molar-refractivity contribution is 5.83. The fourth-order valence-corrected chi connectivity index (χ4v) is 1.98. The molecule has 1 fully saturated rings. The van der Waals surface area contributed by atoms with E-state index >= 15 is 0 Å². The predicted molar refractivity (Wildman–Crippen MR) is 61.6 cm³/mol. The number of carbonyl (C=O) groups is 2. The molecule has 1 saturated heterocycles. The van der Waals surface area contributed by atoms with Crippen molar-refractivity contribution >= 4 is 12.0 Å². The monoisotopic (exact) mass is 242 g/mol. The minimum absolute atomic E-state index is 0.148. The van der Waals surface area contributed by atoms with Crippen LogP contribution in [0.15, 0.2) is 12.7 Å². The second-order valence-corrected chi connectivity index (χ2v) is 3.93. The summed E-state index contributed by atoms with van der Waals surface area (Å²) in [4.78, 5) is 25.8. The third-order valence-electron chi connectivity index (χ3n) is 2.77. The third kappa shape index (κ3) is 3.20. The number of hydrogen-bond acceptors (Lipinski definition) is 3. The topological polar surface area (TPSA) is 81.1 Å². The molecule has 1 unspecified atom stereocenters. The average molecular weight is 242 g/mol. The van der Waals surface area contributed by atoms with Gasteiger partial charge in [-0.15, -0.1) is 6.58 Å². The fourth-order valence-electron chi connectivity index (χ4n) is 1.98. The minimum atomic E-state index is -0.974. The van der Waals surface area contributed by atoms with Crippen LogP contribution >= 0.6 is 0 Å². The van der Waals surface area contributed by atoms with E-state index in [0.717, 1.165) is 0 Å². The summed E-state index contributed by atoms with van der Waals surface area (Å²) in [5, 5.41) is 17.9. The van der Waals surface area contributed by atoms with E-state index in [1.54, 1.807) is 6.08 Å². The zero-order valence-electron chi connectivity index (χ0n) is 9.71. The normalized spacial score (nSPS) is 19.1. The number of carboxylic acid groups (broad SMARTS) is 1. The van der Waals surface area contributed by atoms with Crippen LogP contribution in [0.25, 0.3) is 0 Å². The van der Waals surface area contributed by atoms with Crippen LogP contribution in [-0.4, -0.2) is 64.3 Å². The standard InChI is InChI=1S/C11H18N2O4/c1-2-5-12(7-8-14)11(17)13-6-3-4-9(13)10(15)16/h2,9,14H,1,3-8H2,(H,15,16). The number of rotatable bonds is 5. The van der Waals surface area contributed by atoms with Crippen LogP contribution in [0.3, 0.4) is 0 Å². The van der Waals surface area contributed by atoms with E-state index in [2.05, 4.69) is 6.58 Å². The Morgan fingerprint density at radius 3 is 2.76 bits per heavy atom. The van der Waals surface area contributed by atoms with E-state index < -0.39 is 12.0 Å². The number of aliphatic hydroxyl groups excluding tert-OH is 1. The van der Waals surface area contributed by atoms with Gasteiger partial charge in [0.25, 0.3) is 0 Å². The van der Waals surface area contributed by atoms with E-state index in [1.807, 2.05) is 0 Å². The van der Waals surface area contributed by atoms with Gasteiger partial charge in [-0.2, -0.15) is 0 Å². The molecule has 96 valence electrons. The predicted octanol–water partition coefficient (Wildman–Crippen LogP) is 0.136. The molecule has 1 atom stereocenters. The summed E-state index contributed by atoms with van der Waals surface area (Å²) in [6, 6.07) is -1.09. The van der Waals surface area contributed by atoms with E-state index in [-0.39, 0.29) is 19.2 Å². The van der Waals surface area contributed by atoms with Gasteiger partial charge in [0.2, 0.25) is 0 Å². The van der Waals surface area contributed by atoms with E-state index in [4.69, 9.17) is 10.2 Å². The van der Waals surface area contributed by atoms with Crippen molar-refractivity contribution < 1.29 is 19.8 Å². The van der Waals surface area contributed by atoms with Gasteiger partial charge in [0.1, 0.15) is 6.04 Å². The number of hydrogen-bond donors (Lipinski definition) is 2. The van der Waals surface area contributed by atoms with Gasteiger partial charge in [-0.3, -0.25) is 0 Å². The summed E-state index contributed by atoms with van der Waals surface area (Å²) in [5.74, 6) is -0.974. The van der Waals surface area contributed by atoms with E-state index in [1.165, 1.54) is 9.80 Å². The molecule has 0 saturated carbocycles. The lowest BCUT2D eigenvalue weighted by molar-refractivity contribution is -0.141. The summed E-state index contributed by atoms with van der Waals surface area (Å²) in [7, 11) is 0. The Kier molecular flexibility index (Phi) is 4.96. The van der Waals surface area contributed by atoms with Gasteiger partial charge in [-0.05, 0) is 12.8 Å². The number of aliphatic hydroxyl groups is 1. The quantitative estimate of drug-likeness (QED) is 0.672. The van der Waals surface area contributed by atoms with Crippen molar-refractivity contribution in [3.05, 3.63) is 12.7 Å². The van der Waals surface area contributed by atoms with Crippen LogP contribution in [0.1, 0.15) is 12.8 Å². The molecule has 0 aromatic rings. The largest absolute Gasteiger partial charge is 0.480 e. The molecule has 1 rings (SSSR count). The number of carbonyl (C=O) groups excluding carboxylic acids is 1. The van der Waals surface area contributed by atoms with Gasteiger partial charge < -0.3 is 20.0 Å². The second-order valence-electron chi connectivity index (χ2n) is 3.93. The zero-order chi connectivity index (χ0) is 12.8. The number of carboxylic acids is 1.